The molecule has 0 saturated carbocycles. The summed E-state index contributed by atoms with van der Waals surface area (Å²) in [4.78, 5) is 28.7. The molecule has 2 aromatic carbocycles. The normalized spacial score (nSPS) is 14.5. The highest BCUT2D eigenvalue weighted by molar-refractivity contribution is 6.07. The molecule has 0 unspecified atom stereocenters. The number of carbonyl (C=O) groups is 2. The minimum absolute atomic E-state index is 0.0664. The average molecular weight is 361 g/mol. The molecule has 0 saturated heterocycles. The van der Waals surface area contributed by atoms with Crippen molar-refractivity contribution in [3.05, 3.63) is 71.7 Å². The molecular weight excluding hydrogens is 342 g/mol. The number of hydrogen-bond acceptors (Lipinski definition) is 4. The minimum Gasteiger partial charge on any atom is -0.439 e. The largest absolute Gasteiger partial charge is 0.439 e. The third-order valence-corrected chi connectivity index (χ3v) is 4.78. The van der Waals surface area contributed by atoms with Gasteiger partial charge in [0.05, 0.1) is 18.2 Å². The Morgan fingerprint density at radius 2 is 1.96 bits per heavy atom. The lowest BCUT2D eigenvalue weighted by atomic mass is 9.86. The smallest absolute Gasteiger partial charge is 0.251 e. The number of amides is 2. The lowest BCUT2D eigenvalue weighted by molar-refractivity contribution is -0.119. The van der Waals surface area contributed by atoms with Gasteiger partial charge in [0, 0.05) is 16.8 Å². The first-order valence-corrected chi connectivity index (χ1v) is 8.69. The lowest BCUT2D eigenvalue weighted by Crippen LogP contribution is -2.26. The molecule has 0 fully saturated rings. The number of aromatic nitrogens is 1. The van der Waals surface area contributed by atoms with Crippen LogP contribution in [0.15, 0.2) is 59.1 Å². The molecule has 1 aliphatic rings. The van der Waals surface area contributed by atoms with Crippen molar-refractivity contribution in [2.24, 2.45) is 0 Å². The molecule has 1 aromatic heterocycles. The van der Waals surface area contributed by atoms with E-state index in [1.165, 1.54) is 0 Å². The van der Waals surface area contributed by atoms with Gasteiger partial charge in [0.1, 0.15) is 0 Å². The number of carbonyl (C=O) groups excluding carboxylic acids is 2. The Labute approximate surface area is 156 Å². The highest BCUT2D eigenvalue weighted by Crippen LogP contribution is 2.37. The first-order chi connectivity index (χ1) is 12.9. The summed E-state index contributed by atoms with van der Waals surface area (Å²) in [7, 11) is 0. The van der Waals surface area contributed by atoms with Gasteiger partial charge >= 0.3 is 0 Å². The van der Waals surface area contributed by atoms with Crippen molar-refractivity contribution < 1.29 is 14.0 Å². The zero-order chi connectivity index (χ0) is 19.0. The number of hydrogen-bond donors (Lipinski definition) is 2. The van der Waals surface area contributed by atoms with Gasteiger partial charge in [-0.05, 0) is 31.5 Å². The molecule has 4 rings (SSSR count). The maximum atomic E-state index is 12.4. The quantitative estimate of drug-likeness (QED) is 0.745. The molecule has 6 nitrogen and oxygen atoms in total. The Balaban J connectivity index is 1.44. The van der Waals surface area contributed by atoms with E-state index >= 15 is 0 Å². The van der Waals surface area contributed by atoms with Crippen molar-refractivity contribution in [2.75, 3.05) is 5.32 Å². The van der Waals surface area contributed by atoms with E-state index in [1.807, 2.05) is 50.2 Å². The fourth-order valence-electron chi connectivity index (χ4n) is 3.12. The van der Waals surface area contributed by atoms with Crippen LogP contribution in [0.25, 0.3) is 11.3 Å². The van der Waals surface area contributed by atoms with Crippen molar-refractivity contribution in [3.63, 3.8) is 0 Å². The first kappa shape index (κ1) is 17.0. The number of nitrogens with zero attached hydrogens (tertiary/aromatic N) is 1. The SMILES string of the molecule is CC1(C)C(=O)Nc2cc(C(=O)NCc3ncc(-c4ccccc4)o3)ccc21. The van der Waals surface area contributed by atoms with Gasteiger partial charge in [-0.15, -0.1) is 0 Å². The van der Waals surface area contributed by atoms with E-state index in [4.69, 9.17) is 4.42 Å². The summed E-state index contributed by atoms with van der Waals surface area (Å²) in [6.07, 6.45) is 1.64. The van der Waals surface area contributed by atoms with E-state index in [9.17, 15) is 9.59 Å². The highest BCUT2D eigenvalue weighted by atomic mass is 16.4. The summed E-state index contributed by atoms with van der Waals surface area (Å²) < 4.78 is 5.69. The van der Waals surface area contributed by atoms with Crippen LogP contribution >= 0.6 is 0 Å². The van der Waals surface area contributed by atoms with Crippen LogP contribution in [0, 0.1) is 0 Å². The van der Waals surface area contributed by atoms with Gasteiger partial charge in [0.25, 0.3) is 5.91 Å². The molecule has 0 bridgehead atoms. The molecule has 1 aliphatic heterocycles. The van der Waals surface area contributed by atoms with E-state index in [0.29, 0.717) is 22.9 Å². The Kier molecular flexibility index (Phi) is 4.03. The fourth-order valence-corrected chi connectivity index (χ4v) is 3.12. The molecule has 0 spiro atoms. The zero-order valence-corrected chi connectivity index (χ0v) is 15.1. The molecule has 2 N–H and O–H groups in total. The summed E-state index contributed by atoms with van der Waals surface area (Å²) in [6, 6.07) is 14.9. The molecule has 2 heterocycles. The van der Waals surface area contributed by atoms with Gasteiger partial charge in [0.15, 0.2) is 5.76 Å². The second-order valence-corrected chi connectivity index (χ2v) is 7.01. The van der Waals surface area contributed by atoms with Gasteiger partial charge in [-0.2, -0.15) is 0 Å². The number of fused-ring (bicyclic) bond motifs is 1. The molecule has 6 heteroatoms. The van der Waals surface area contributed by atoms with Crippen molar-refractivity contribution >= 4 is 17.5 Å². The van der Waals surface area contributed by atoms with Crippen molar-refractivity contribution in [2.45, 2.75) is 25.8 Å². The van der Waals surface area contributed by atoms with E-state index in [1.54, 1.807) is 18.3 Å². The van der Waals surface area contributed by atoms with E-state index < -0.39 is 5.41 Å². The summed E-state index contributed by atoms with van der Waals surface area (Å²) in [5.74, 6) is 0.764. The van der Waals surface area contributed by atoms with Gasteiger partial charge in [0.2, 0.25) is 11.8 Å². The summed E-state index contributed by atoms with van der Waals surface area (Å²) in [6.45, 7) is 3.90. The molecular formula is C21H19N3O3. The number of anilines is 1. The van der Waals surface area contributed by atoms with Crippen LogP contribution in [0.4, 0.5) is 5.69 Å². The second-order valence-electron chi connectivity index (χ2n) is 7.01. The molecule has 0 radical (unpaired) electrons. The number of oxazole rings is 1. The van der Waals surface area contributed by atoms with Gasteiger partial charge in [-0.1, -0.05) is 36.4 Å². The molecule has 0 atom stereocenters. The number of rotatable bonds is 4. The summed E-state index contributed by atoms with van der Waals surface area (Å²) >= 11 is 0. The van der Waals surface area contributed by atoms with E-state index in [0.717, 1.165) is 11.1 Å². The van der Waals surface area contributed by atoms with Crippen LogP contribution in [0.1, 0.15) is 35.7 Å². The standard InChI is InChI=1S/C21H19N3O3/c1-21(2)15-9-8-14(10-16(15)24-20(21)26)19(25)23-12-18-22-11-17(27-18)13-6-4-3-5-7-13/h3-11H,12H2,1-2H3,(H,23,25)(H,24,26). The van der Waals surface area contributed by atoms with Crippen LogP contribution in [0.2, 0.25) is 0 Å². The molecule has 136 valence electrons. The maximum absolute atomic E-state index is 12.4. The van der Waals surface area contributed by atoms with Gasteiger partial charge < -0.3 is 15.1 Å². The monoisotopic (exact) mass is 361 g/mol. The second kappa shape index (κ2) is 6.39. The first-order valence-electron chi connectivity index (χ1n) is 8.69. The third-order valence-electron chi connectivity index (χ3n) is 4.78. The molecule has 3 aromatic rings. The van der Waals surface area contributed by atoms with Crippen LogP contribution in [-0.4, -0.2) is 16.8 Å². The zero-order valence-electron chi connectivity index (χ0n) is 15.1. The lowest BCUT2D eigenvalue weighted by Gasteiger charge is -2.14. The van der Waals surface area contributed by atoms with Crippen molar-refractivity contribution in [3.8, 4) is 11.3 Å². The van der Waals surface area contributed by atoms with E-state index in [-0.39, 0.29) is 18.4 Å². The van der Waals surface area contributed by atoms with Crippen LogP contribution in [-0.2, 0) is 16.8 Å². The molecule has 2 amide bonds. The average Bonchev–Trinajstić information content (AvgIpc) is 3.23. The minimum atomic E-state index is -0.587. The molecule has 0 aliphatic carbocycles. The Bertz CT molecular complexity index is 1020. The fraction of sp³-hybridized carbons (Fsp3) is 0.190. The maximum Gasteiger partial charge on any atom is 0.251 e. The summed E-state index contributed by atoms with van der Waals surface area (Å²) in [5.41, 5.74) is 2.39. The van der Waals surface area contributed by atoms with Crippen molar-refractivity contribution in [1.29, 1.82) is 0 Å². The predicted octanol–water partition coefficient (Wildman–Crippen LogP) is 3.50. The number of benzene rings is 2. The van der Waals surface area contributed by atoms with Gasteiger partial charge in [-0.3, -0.25) is 9.59 Å². The Morgan fingerprint density at radius 1 is 1.19 bits per heavy atom. The third kappa shape index (κ3) is 3.10. The van der Waals surface area contributed by atoms with Gasteiger partial charge in [-0.25, -0.2) is 4.98 Å². The summed E-state index contributed by atoms with van der Waals surface area (Å²) in [5, 5.41) is 5.62. The van der Waals surface area contributed by atoms with E-state index in [2.05, 4.69) is 15.6 Å². The highest BCUT2D eigenvalue weighted by Gasteiger charge is 2.38. The Hall–Kier alpha value is -3.41. The molecule has 27 heavy (non-hydrogen) atoms. The van der Waals surface area contributed by atoms with Crippen LogP contribution in [0.5, 0.6) is 0 Å². The van der Waals surface area contributed by atoms with Crippen molar-refractivity contribution in [1.82, 2.24) is 10.3 Å². The Morgan fingerprint density at radius 3 is 2.74 bits per heavy atom. The topological polar surface area (TPSA) is 84.2 Å². The predicted molar refractivity (Wildman–Crippen MR) is 101 cm³/mol. The number of nitrogens with one attached hydrogen (secondary N) is 2. The van der Waals surface area contributed by atoms with Crippen LogP contribution in [0.3, 0.4) is 0 Å². The van der Waals surface area contributed by atoms with Crippen LogP contribution < -0.4 is 10.6 Å².